The van der Waals surface area contributed by atoms with Gasteiger partial charge in [-0.05, 0) is 24.1 Å². The Morgan fingerprint density at radius 2 is 1.76 bits per heavy atom. The molecule has 1 aromatic heterocycles. The smallest absolute Gasteiger partial charge is 0.214 e. The molecule has 1 fully saturated rings. The lowest BCUT2D eigenvalue weighted by atomic mass is 10.2. The first kappa shape index (κ1) is 17.4. The summed E-state index contributed by atoms with van der Waals surface area (Å²) < 4.78 is 26.6. The maximum atomic E-state index is 12.5. The zero-order valence-corrected chi connectivity index (χ0v) is 14.7. The Morgan fingerprint density at radius 1 is 1.04 bits per heavy atom. The molecular weight excluding hydrogens is 336 g/mol. The van der Waals surface area contributed by atoms with Gasteiger partial charge in [0.15, 0.2) is 0 Å². The molecule has 3 rings (SSSR count). The first-order chi connectivity index (χ1) is 12.1. The third-order valence-corrected chi connectivity index (χ3v) is 6.20. The van der Waals surface area contributed by atoms with Crippen LogP contribution in [0.5, 0.6) is 0 Å². The minimum absolute atomic E-state index is 0.131. The van der Waals surface area contributed by atoms with E-state index in [2.05, 4.69) is 4.98 Å². The summed E-state index contributed by atoms with van der Waals surface area (Å²) in [5.74, 6) is 0.909. The molecule has 0 amide bonds. The molecule has 25 heavy (non-hydrogen) atoms. The van der Waals surface area contributed by atoms with E-state index in [0.29, 0.717) is 38.2 Å². The Labute approximate surface area is 148 Å². The van der Waals surface area contributed by atoms with E-state index in [0.717, 1.165) is 11.4 Å². The molecule has 1 aliphatic rings. The van der Waals surface area contributed by atoms with Crippen LogP contribution in [-0.4, -0.2) is 49.6 Å². The van der Waals surface area contributed by atoms with Crippen molar-refractivity contribution in [2.45, 2.75) is 6.42 Å². The number of sulfonamides is 1. The molecule has 2 heterocycles. The number of benzene rings is 1. The highest BCUT2D eigenvalue weighted by atomic mass is 32.2. The molecule has 6 nitrogen and oxygen atoms in total. The fraction of sp³-hybridized carbons (Fsp3) is 0.333. The molecule has 0 aliphatic carbocycles. The van der Waals surface area contributed by atoms with Gasteiger partial charge < -0.3 is 4.90 Å². The predicted molar refractivity (Wildman–Crippen MR) is 96.7 cm³/mol. The van der Waals surface area contributed by atoms with E-state index in [1.54, 1.807) is 16.4 Å². The lowest BCUT2D eigenvalue weighted by molar-refractivity contribution is 0.384. The maximum absolute atomic E-state index is 12.5. The van der Waals surface area contributed by atoms with Gasteiger partial charge in [-0.3, -0.25) is 0 Å². The molecule has 0 N–H and O–H groups in total. The second-order valence-electron chi connectivity index (χ2n) is 5.95. The second kappa shape index (κ2) is 7.64. The van der Waals surface area contributed by atoms with Crippen LogP contribution in [0.2, 0.25) is 0 Å². The van der Waals surface area contributed by atoms with Gasteiger partial charge in [0, 0.05) is 32.4 Å². The molecule has 0 saturated carbocycles. The van der Waals surface area contributed by atoms with Gasteiger partial charge in [0.2, 0.25) is 10.0 Å². The molecule has 0 atom stereocenters. The highest BCUT2D eigenvalue weighted by Crippen LogP contribution is 2.16. The fourth-order valence-corrected chi connectivity index (χ4v) is 4.33. The van der Waals surface area contributed by atoms with Crippen molar-refractivity contribution >= 4 is 15.8 Å². The molecule has 1 saturated heterocycles. The number of hydrogen-bond donors (Lipinski definition) is 0. The lowest BCUT2D eigenvalue weighted by Gasteiger charge is -2.34. The second-order valence-corrected chi connectivity index (χ2v) is 8.04. The Kier molecular flexibility index (Phi) is 5.31. The standard InChI is InChI=1S/C18H20N4O2S/c19-14-17-6-7-18(20-15-17)21-9-11-22(12-10-21)25(23,24)13-8-16-4-2-1-3-5-16/h1-7,15H,8-13H2. The molecule has 0 radical (unpaired) electrons. The van der Waals surface area contributed by atoms with E-state index in [1.807, 2.05) is 41.3 Å². The number of aromatic nitrogens is 1. The number of aryl methyl sites for hydroxylation is 1. The Hall–Kier alpha value is -2.43. The zero-order chi connectivity index (χ0) is 17.7. The van der Waals surface area contributed by atoms with Crippen LogP contribution in [0.15, 0.2) is 48.7 Å². The van der Waals surface area contributed by atoms with E-state index in [1.165, 1.54) is 6.20 Å². The Bertz CT molecular complexity index is 837. The maximum Gasteiger partial charge on any atom is 0.214 e. The predicted octanol–water partition coefficient (Wildman–Crippen LogP) is 1.65. The van der Waals surface area contributed by atoms with E-state index >= 15 is 0 Å². The highest BCUT2D eigenvalue weighted by molar-refractivity contribution is 7.89. The van der Waals surface area contributed by atoms with Crippen LogP contribution < -0.4 is 4.90 Å². The van der Waals surface area contributed by atoms with Crippen molar-refractivity contribution in [2.75, 3.05) is 36.8 Å². The molecule has 0 bridgehead atoms. The first-order valence-corrected chi connectivity index (χ1v) is 9.82. The van der Waals surface area contributed by atoms with Gasteiger partial charge in [-0.1, -0.05) is 30.3 Å². The molecular formula is C18H20N4O2S. The van der Waals surface area contributed by atoms with Gasteiger partial charge in [-0.15, -0.1) is 0 Å². The third kappa shape index (κ3) is 4.35. The van der Waals surface area contributed by atoms with Gasteiger partial charge in [0.25, 0.3) is 0 Å². The van der Waals surface area contributed by atoms with E-state index in [4.69, 9.17) is 5.26 Å². The number of anilines is 1. The van der Waals surface area contributed by atoms with Crippen LogP contribution in [0.1, 0.15) is 11.1 Å². The van der Waals surface area contributed by atoms with Crippen molar-refractivity contribution in [3.63, 3.8) is 0 Å². The number of nitrogens with zero attached hydrogens (tertiary/aromatic N) is 4. The average Bonchev–Trinajstić information content (AvgIpc) is 2.67. The Balaban J connectivity index is 1.56. The number of pyridine rings is 1. The van der Waals surface area contributed by atoms with E-state index < -0.39 is 10.0 Å². The van der Waals surface area contributed by atoms with Crippen LogP contribution in [0.4, 0.5) is 5.82 Å². The summed E-state index contributed by atoms with van der Waals surface area (Å²) in [6, 6.07) is 15.2. The number of hydrogen-bond acceptors (Lipinski definition) is 5. The van der Waals surface area contributed by atoms with Crippen LogP contribution in [0.3, 0.4) is 0 Å². The quantitative estimate of drug-likeness (QED) is 0.814. The molecule has 1 aromatic carbocycles. The topological polar surface area (TPSA) is 77.3 Å². The fourth-order valence-electron chi connectivity index (χ4n) is 2.86. The van der Waals surface area contributed by atoms with Crippen molar-refractivity contribution in [1.29, 1.82) is 5.26 Å². The minimum Gasteiger partial charge on any atom is -0.354 e. The van der Waals surface area contributed by atoms with Crippen molar-refractivity contribution in [3.05, 3.63) is 59.8 Å². The lowest BCUT2D eigenvalue weighted by Crippen LogP contribution is -2.49. The summed E-state index contributed by atoms with van der Waals surface area (Å²) in [6.07, 6.45) is 2.07. The number of nitriles is 1. The number of rotatable bonds is 5. The molecule has 130 valence electrons. The zero-order valence-electron chi connectivity index (χ0n) is 13.9. The summed E-state index contributed by atoms with van der Waals surface area (Å²) in [5, 5.41) is 8.82. The summed E-state index contributed by atoms with van der Waals surface area (Å²) in [6.45, 7) is 2.12. The molecule has 1 aliphatic heterocycles. The largest absolute Gasteiger partial charge is 0.354 e. The molecule has 7 heteroatoms. The Morgan fingerprint density at radius 3 is 2.36 bits per heavy atom. The van der Waals surface area contributed by atoms with Gasteiger partial charge in [-0.2, -0.15) is 9.57 Å². The van der Waals surface area contributed by atoms with Crippen LogP contribution >= 0.6 is 0 Å². The van der Waals surface area contributed by atoms with Gasteiger partial charge >= 0.3 is 0 Å². The normalized spacial score (nSPS) is 15.7. The summed E-state index contributed by atoms with van der Waals surface area (Å²) in [5.41, 5.74) is 1.55. The monoisotopic (exact) mass is 356 g/mol. The molecule has 0 unspecified atom stereocenters. The van der Waals surface area contributed by atoms with Gasteiger partial charge in [0.1, 0.15) is 11.9 Å². The van der Waals surface area contributed by atoms with Crippen molar-refractivity contribution in [3.8, 4) is 6.07 Å². The van der Waals surface area contributed by atoms with Crippen molar-refractivity contribution in [2.24, 2.45) is 0 Å². The van der Waals surface area contributed by atoms with Crippen molar-refractivity contribution in [1.82, 2.24) is 9.29 Å². The highest BCUT2D eigenvalue weighted by Gasteiger charge is 2.27. The molecule has 0 spiro atoms. The SMILES string of the molecule is N#Cc1ccc(N2CCN(S(=O)(=O)CCc3ccccc3)CC2)nc1. The third-order valence-electron chi connectivity index (χ3n) is 4.32. The van der Waals surface area contributed by atoms with Crippen LogP contribution in [0.25, 0.3) is 0 Å². The van der Waals surface area contributed by atoms with Gasteiger partial charge in [-0.25, -0.2) is 13.4 Å². The average molecular weight is 356 g/mol. The molecule has 2 aromatic rings. The summed E-state index contributed by atoms with van der Waals surface area (Å²) in [7, 11) is -3.25. The summed E-state index contributed by atoms with van der Waals surface area (Å²) >= 11 is 0. The number of piperazine rings is 1. The first-order valence-electron chi connectivity index (χ1n) is 8.21. The van der Waals surface area contributed by atoms with E-state index in [9.17, 15) is 8.42 Å². The van der Waals surface area contributed by atoms with Crippen molar-refractivity contribution < 1.29 is 8.42 Å². The van der Waals surface area contributed by atoms with Crippen LogP contribution in [0, 0.1) is 11.3 Å². The van der Waals surface area contributed by atoms with Gasteiger partial charge in [0.05, 0.1) is 11.3 Å². The van der Waals surface area contributed by atoms with Crippen LogP contribution in [-0.2, 0) is 16.4 Å². The van der Waals surface area contributed by atoms with E-state index in [-0.39, 0.29) is 5.75 Å². The summed E-state index contributed by atoms with van der Waals surface area (Å²) in [4.78, 5) is 6.32. The minimum atomic E-state index is -3.25.